The fourth-order valence-corrected chi connectivity index (χ4v) is 2.55. The third-order valence-corrected chi connectivity index (χ3v) is 3.82. The Labute approximate surface area is 148 Å². The molecule has 0 bridgehead atoms. The number of carbonyl (C=O) groups is 2. The fraction of sp³-hybridized carbons (Fsp3) is 0.167. The number of aryl methyl sites for hydroxylation is 1. The fourth-order valence-electron chi connectivity index (χ4n) is 2.55. The van der Waals surface area contributed by atoms with Gasteiger partial charge in [-0.2, -0.15) is 0 Å². The second-order valence-electron chi connectivity index (χ2n) is 5.61. The van der Waals surface area contributed by atoms with E-state index in [1.54, 1.807) is 36.4 Å². The number of para-hydroxylation sites is 3. The Morgan fingerprint density at radius 2 is 1.77 bits per heavy atom. The summed E-state index contributed by atoms with van der Waals surface area (Å²) in [5.74, 6) is -1.67. The van der Waals surface area contributed by atoms with Crippen LogP contribution in [-0.4, -0.2) is 21.5 Å². The number of carbonyl (C=O) groups excluding carboxylic acids is 2. The number of nitrogens with one attached hydrogen (secondary N) is 2. The molecule has 0 radical (unpaired) electrons. The van der Waals surface area contributed by atoms with Crippen LogP contribution in [0.1, 0.15) is 23.2 Å². The molecule has 3 rings (SSSR count). The van der Waals surface area contributed by atoms with Gasteiger partial charge < -0.3 is 9.52 Å². The largest absolute Gasteiger partial charge is 0.507 e. The third-order valence-electron chi connectivity index (χ3n) is 3.82. The molecular weight excluding hydrogens is 338 g/mol. The number of amides is 2. The molecule has 0 aliphatic rings. The number of hydrazine groups is 1. The minimum absolute atomic E-state index is 0.0595. The lowest BCUT2D eigenvalue weighted by Crippen LogP contribution is -2.41. The number of phenols is 1. The number of hydrogen-bond donors (Lipinski definition) is 3. The lowest BCUT2D eigenvalue weighted by atomic mass is 10.2. The predicted molar refractivity (Wildman–Crippen MR) is 93.4 cm³/mol. The quantitative estimate of drug-likeness (QED) is 0.601. The van der Waals surface area contributed by atoms with Crippen LogP contribution in [0.15, 0.2) is 57.7 Å². The first-order chi connectivity index (χ1) is 12.6. The van der Waals surface area contributed by atoms with Gasteiger partial charge in [-0.1, -0.05) is 24.3 Å². The molecule has 0 atom stereocenters. The zero-order valence-electron chi connectivity index (χ0n) is 13.8. The average Bonchev–Trinajstić information content (AvgIpc) is 2.95. The second-order valence-corrected chi connectivity index (χ2v) is 5.61. The number of hydrogen-bond acceptors (Lipinski definition) is 5. The molecule has 26 heavy (non-hydrogen) atoms. The number of rotatable bonds is 5. The van der Waals surface area contributed by atoms with Crippen LogP contribution in [0.5, 0.6) is 5.75 Å². The van der Waals surface area contributed by atoms with Gasteiger partial charge in [0.2, 0.25) is 5.91 Å². The molecule has 8 heteroatoms. The van der Waals surface area contributed by atoms with Crippen molar-refractivity contribution in [3.05, 3.63) is 64.6 Å². The maximum atomic E-state index is 11.9. The summed E-state index contributed by atoms with van der Waals surface area (Å²) in [7, 11) is 0. The highest BCUT2D eigenvalue weighted by Crippen LogP contribution is 2.15. The summed E-state index contributed by atoms with van der Waals surface area (Å²) in [6, 6.07) is 13.1. The van der Waals surface area contributed by atoms with Crippen molar-refractivity contribution in [1.29, 1.82) is 0 Å². The Bertz CT molecular complexity index is 1010. The molecule has 0 saturated heterocycles. The standard InChI is InChI=1S/C18H17N3O5/c22-14-8-3-1-6-12(14)17(24)20-19-16(23)10-5-11-21-13-7-2-4-9-15(13)26-18(21)25/h1-4,6-9,22H,5,10-11H2,(H,19,23)(H,20,24). The van der Waals surface area contributed by atoms with E-state index in [0.717, 1.165) is 0 Å². The summed E-state index contributed by atoms with van der Waals surface area (Å²) < 4.78 is 6.58. The van der Waals surface area contributed by atoms with Crippen LogP contribution in [0.25, 0.3) is 11.1 Å². The first-order valence-corrected chi connectivity index (χ1v) is 8.02. The summed E-state index contributed by atoms with van der Waals surface area (Å²) in [4.78, 5) is 35.6. The lowest BCUT2D eigenvalue weighted by molar-refractivity contribution is -0.122. The molecule has 0 saturated carbocycles. The Balaban J connectivity index is 1.50. The maximum absolute atomic E-state index is 11.9. The molecule has 0 aliphatic heterocycles. The summed E-state index contributed by atoms with van der Waals surface area (Å²) in [5, 5.41) is 9.59. The molecular formula is C18H17N3O5. The topological polar surface area (TPSA) is 114 Å². The number of phenolic OH excluding ortho intramolecular Hbond substituents is 1. The lowest BCUT2D eigenvalue weighted by Gasteiger charge is -2.08. The minimum atomic E-state index is -0.617. The summed E-state index contributed by atoms with van der Waals surface area (Å²) in [6.07, 6.45) is 0.495. The predicted octanol–water partition coefficient (Wildman–Crippen LogP) is 1.54. The van der Waals surface area contributed by atoms with Crippen molar-refractivity contribution in [2.75, 3.05) is 0 Å². The van der Waals surface area contributed by atoms with Crippen LogP contribution in [0.4, 0.5) is 0 Å². The highest BCUT2D eigenvalue weighted by molar-refractivity contribution is 5.97. The molecule has 0 unspecified atom stereocenters. The first-order valence-electron chi connectivity index (χ1n) is 8.02. The molecule has 134 valence electrons. The highest BCUT2D eigenvalue weighted by Gasteiger charge is 2.12. The van der Waals surface area contributed by atoms with Crippen molar-refractivity contribution < 1.29 is 19.1 Å². The van der Waals surface area contributed by atoms with Crippen LogP contribution in [0.3, 0.4) is 0 Å². The van der Waals surface area contributed by atoms with Gasteiger partial charge in [0.1, 0.15) is 5.75 Å². The second kappa shape index (κ2) is 7.56. The number of fused-ring (bicyclic) bond motifs is 1. The molecule has 2 aromatic carbocycles. The van der Waals surface area contributed by atoms with E-state index < -0.39 is 17.6 Å². The molecule has 1 heterocycles. The number of aromatic hydroxyl groups is 1. The minimum Gasteiger partial charge on any atom is -0.507 e. The third kappa shape index (κ3) is 3.75. The number of aromatic nitrogens is 1. The SMILES string of the molecule is O=C(CCCn1c(=O)oc2ccccc21)NNC(=O)c1ccccc1O. The number of oxazole rings is 1. The van der Waals surface area contributed by atoms with Gasteiger partial charge in [0.05, 0.1) is 11.1 Å². The molecule has 3 aromatic rings. The average molecular weight is 355 g/mol. The monoisotopic (exact) mass is 355 g/mol. The normalized spacial score (nSPS) is 10.6. The number of benzene rings is 2. The van der Waals surface area contributed by atoms with Crippen LogP contribution in [-0.2, 0) is 11.3 Å². The Hall–Kier alpha value is -3.55. The van der Waals surface area contributed by atoms with Crippen LogP contribution in [0.2, 0.25) is 0 Å². The molecule has 2 amide bonds. The van der Waals surface area contributed by atoms with E-state index in [4.69, 9.17) is 4.42 Å². The van der Waals surface area contributed by atoms with Crippen LogP contribution < -0.4 is 16.6 Å². The highest BCUT2D eigenvalue weighted by atomic mass is 16.4. The van der Waals surface area contributed by atoms with Crippen molar-refractivity contribution in [1.82, 2.24) is 15.4 Å². The maximum Gasteiger partial charge on any atom is 0.419 e. The van der Waals surface area contributed by atoms with Gasteiger partial charge in [-0.05, 0) is 30.7 Å². The van der Waals surface area contributed by atoms with Crippen molar-refractivity contribution >= 4 is 22.9 Å². The number of nitrogens with zero attached hydrogens (tertiary/aromatic N) is 1. The summed E-state index contributed by atoms with van der Waals surface area (Å²) >= 11 is 0. The van der Waals surface area contributed by atoms with Gasteiger partial charge in [-0.15, -0.1) is 0 Å². The molecule has 0 spiro atoms. The molecule has 1 aromatic heterocycles. The van der Waals surface area contributed by atoms with E-state index in [-0.39, 0.29) is 17.7 Å². The van der Waals surface area contributed by atoms with Gasteiger partial charge in [-0.3, -0.25) is 25.0 Å². The van der Waals surface area contributed by atoms with Crippen molar-refractivity contribution in [3.63, 3.8) is 0 Å². The van der Waals surface area contributed by atoms with Gasteiger partial charge >= 0.3 is 5.76 Å². The van der Waals surface area contributed by atoms with Gasteiger partial charge in [0, 0.05) is 13.0 Å². The molecule has 0 fully saturated rings. The van der Waals surface area contributed by atoms with Crippen LogP contribution >= 0.6 is 0 Å². The van der Waals surface area contributed by atoms with E-state index >= 15 is 0 Å². The summed E-state index contributed by atoms with van der Waals surface area (Å²) in [5.41, 5.74) is 5.75. The van der Waals surface area contributed by atoms with Crippen molar-refractivity contribution in [2.24, 2.45) is 0 Å². The van der Waals surface area contributed by atoms with Crippen molar-refractivity contribution in [3.8, 4) is 5.75 Å². The zero-order valence-corrected chi connectivity index (χ0v) is 13.8. The molecule has 0 aliphatic carbocycles. The Morgan fingerprint density at radius 3 is 2.58 bits per heavy atom. The van der Waals surface area contributed by atoms with E-state index in [1.807, 2.05) is 0 Å². The van der Waals surface area contributed by atoms with Crippen molar-refractivity contribution in [2.45, 2.75) is 19.4 Å². The smallest absolute Gasteiger partial charge is 0.419 e. The van der Waals surface area contributed by atoms with E-state index in [2.05, 4.69) is 10.9 Å². The zero-order chi connectivity index (χ0) is 18.5. The van der Waals surface area contributed by atoms with Gasteiger partial charge in [0.25, 0.3) is 5.91 Å². The van der Waals surface area contributed by atoms with E-state index in [0.29, 0.717) is 24.1 Å². The Morgan fingerprint density at radius 1 is 1.04 bits per heavy atom. The van der Waals surface area contributed by atoms with Crippen LogP contribution in [0, 0.1) is 0 Å². The van der Waals surface area contributed by atoms with Gasteiger partial charge in [0.15, 0.2) is 5.58 Å². The molecule has 3 N–H and O–H groups in total. The van der Waals surface area contributed by atoms with E-state index in [1.165, 1.54) is 16.7 Å². The Kier molecular flexibility index (Phi) is 5.02. The van der Waals surface area contributed by atoms with Gasteiger partial charge in [-0.25, -0.2) is 4.79 Å². The van der Waals surface area contributed by atoms with E-state index in [9.17, 15) is 19.5 Å². The molecule has 8 nitrogen and oxygen atoms in total. The first kappa shape index (κ1) is 17.3. The summed E-state index contributed by atoms with van der Waals surface area (Å²) in [6.45, 7) is 0.316.